The minimum atomic E-state index is -5.52. The molecule has 0 aliphatic carbocycles. The van der Waals surface area contributed by atoms with Gasteiger partial charge in [-0.2, -0.15) is 21.6 Å². The van der Waals surface area contributed by atoms with E-state index in [0.717, 1.165) is 0 Å². The van der Waals surface area contributed by atoms with E-state index in [1.807, 2.05) is 0 Å². The molecule has 1 unspecified atom stereocenters. The number of aliphatic imine (C=N–C) groups is 1. The highest BCUT2D eigenvalue weighted by atomic mass is 32.2. The number of hydrogen-bond donors (Lipinski definition) is 2. The second-order valence-corrected chi connectivity index (χ2v) is 8.70. The summed E-state index contributed by atoms with van der Waals surface area (Å²) in [5, 5.41) is 1.04. The van der Waals surface area contributed by atoms with E-state index in [1.165, 1.54) is 29.3 Å². The van der Waals surface area contributed by atoms with Crippen LogP contribution >= 0.6 is 0 Å². The van der Waals surface area contributed by atoms with Crippen LogP contribution in [0.1, 0.15) is 5.56 Å². The van der Waals surface area contributed by atoms with E-state index in [0.29, 0.717) is 27.8 Å². The first-order chi connectivity index (χ1) is 15.6. The van der Waals surface area contributed by atoms with Crippen molar-refractivity contribution >= 4 is 32.8 Å². The Kier molecular flexibility index (Phi) is 5.80. The zero-order chi connectivity index (χ0) is 23.7. The number of anilines is 1. The van der Waals surface area contributed by atoms with Crippen molar-refractivity contribution in [3.63, 3.8) is 0 Å². The van der Waals surface area contributed by atoms with Crippen LogP contribution in [0, 0.1) is 0 Å². The van der Waals surface area contributed by atoms with Crippen molar-refractivity contribution in [2.75, 3.05) is 18.4 Å². The van der Waals surface area contributed by atoms with Crippen LogP contribution in [0.2, 0.25) is 0 Å². The third-order valence-corrected chi connectivity index (χ3v) is 6.03. The maximum absolute atomic E-state index is 12.7. The van der Waals surface area contributed by atoms with Crippen molar-refractivity contribution in [1.29, 1.82) is 0 Å². The Bertz CT molecular complexity index is 1300. The van der Waals surface area contributed by atoms with Crippen molar-refractivity contribution in [2.24, 2.45) is 4.99 Å². The van der Waals surface area contributed by atoms with Gasteiger partial charge in [0.1, 0.15) is 24.4 Å². The third kappa shape index (κ3) is 4.52. The summed E-state index contributed by atoms with van der Waals surface area (Å²) in [6, 6.07) is 16.0. The molecule has 2 N–H and O–H groups in total. The van der Waals surface area contributed by atoms with Crippen LogP contribution in [-0.4, -0.2) is 34.0 Å². The zero-order valence-corrected chi connectivity index (χ0v) is 17.9. The first-order valence-electron chi connectivity index (χ1n) is 9.50. The quantitative estimate of drug-likeness (QED) is 0.531. The minimum absolute atomic E-state index is 0.0234. The Balaban J connectivity index is 1.59. The lowest BCUT2D eigenvalue weighted by molar-refractivity contribution is -0.0842. The molecule has 1 aliphatic rings. The lowest BCUT2D eigenvalue weighted by atomic mass is 10.0. The number of sulfonamides is 1. The Morgan fingerprint density at radius 2 is 1.88 bits per heavy atom. The minimum Gasteiger partial charge on any atom is -0.497 e. The molecule has 3 aromatic carbocycles. The summed E-state index contributed by atoms with van der Waals surface area (Å²) in [5.74, 6) is 1.08. The smallest absolute Gasteiger partial charge is 0.497 e. The van der Waals surface area contributed by atoms with E-state index in [2.05, 4.69) is 10.5 Å². The fraction of sp³-hybridized carbons (Fsp3) is 0.190. The van der Waals surface area contributed by atoms with E-state index < -0.39 is 21.3 Å². The molecule has 0 bridgehead atoms. The molecule has 0 fully saturated rings. The first-order valence-corrected chi connectivity index (χ1v) is 11.0. The van der Waals surface area contributed by atoms with E-state index in [9.17, 15) is 21.6 Å². The number of nitrogens with zero attached hydrogens (tertiary/aromatic N) is 1. The van der Waals surface area contributed by atoms with Gasteiger partial charge in [0.25, 0.3) is 0 Å². The van der Waals surface area contributed by atoms with E-state index in [4.69, 9.17) is 14.3 Å². The number of benzene rings is 3. The maximum Gasteiger partial charge on any atom is 0.516 e. The zero-order valence-electron chi connectivity index (χ0n) is 17.1. The molecule has 12 heteroatoms. The highest BCUT2D eigenvalue weighted by Gasteiger charge is 2.46. The molecule has 3 aromatic rings. The van der Waals surface area contributed by atoms with E-state index >= 15 is 0 Å². The van der Waals surface area contributed by atoms with Gasteiger partial charge in [-0.1, -0.05) is 24.3 Å². The molecule has 0 amide bonds. The van der Waals surface area contributed by atoms with Gasteiger partial charge in [-0.15, -0.1) is 0 Å². The summed E-state index contributed by atoms with van der Waals surface area (Å²) < 4.78 is 73.4. The Labute approximate surface area is 187 Å². The van der Waals surface area contributed by atoms with Gasteiger partial charge in [-0.3, -0.25) is 10.2 Å². The van der Waals surface area contributed by atoms with Gasteiger partial charge in [0, 0.05) is 16.6 Å². The summed E-state index contributed by atoms with van der Waals surface area (Å²) in [6.07, 6.45) is 1.40. The third-order valence-electron chi connectivity index (χ3n) is 4.92. The number of halogens is 3. The molecule has 33 heavy (non-hydrogen) atoms. The Morgan fingerprint density at radius 1 is 1.12 bits per heavy atom. The highest BCUT2D eigenvalue weighted by molar-refractivity contribution is 7.93. The van der Waals surface area contributed by atoms with Crippen LogP contribution in [0.15, 0.2) is 65.7 Å². The Hall–Kier alpha value is -3.51. The number of hydrogen-bond acceptors (Lipinski definition) is 7. The molecular formula is C21H18F3N3O5S. The molecule has 1 heterocycles. The normalized spacial score (nSPS) is 18.2. The number of alkyl halides is 3. The van der Waals surface area contributed by atoms with Gasteiger partial charge in [-0.25, -0.2) is 9.83 Å². The average Bonchev–Trinajstić information content (AvgIpc) is 3.26. The summed E-state index contributed by atoms with van der Waals surface area (Å²) >= 11 is 0. The monoisotopic (exact) mass is 481 g/mol. The lowest BCUT2D eigenvalue weighted by Crippen LogP contribution is -2.34. The summed E-state index contributed by atoms with van der Waals surface area (Å²) in [7, 11) is -3.97. The summed E-state index contributed by atoms with van der Waals surface area (Å²) in [6.45, 7) is -0.0234. The molecular weight excluding hydrogens is 463 g/mol. The van der Waals surface area contributed by atoms with Crippen LogP contribution < -0.4 is 19.7 Å². The molecule has 8 nitrogen and oxygen atoms in total. The average molecular weight is 481 g/mol. The molecule has 4 rings (SSSR count). The second-order valence-electron chi connectivity index (χ2n) is 7.02. The molecule has 174 valence electrons. The molecule has 0 spiro atoms. The predicted molar refractivity (Wildman–Crippen MR) is 115 cm³/mol. The van der Waals surface area contributed by atoms with Crippen LogP contribution in [0.3, 0.4) is 0 Å². The van der Waals surface area contributed by atoms with Crippen molar-refractivity contribution in [2.45, 2.75) is 11.2 Å². The summed E-state index contributed by atoms with van der Waals surface area (Å²) in [4.78, 5) is 9.98. The number of hydroxylamine groups is 1. The number of ether oxygens (including phenoxy) is 2. The number of rotatable bonds is 7. The fourth-order valence-electron chi connectivity index (χ4n) is 3.25. The van der Waals surface area contributed by atoms with Gasteiger partial charge in [0.05, 0.1) is 7.11 Å². The molecule has 1 atom stereocenters. The van der Waals surface area contributed by atoms with Crippen molar-refractivity contribution in [3.05, 3.63) is 66.2 Å². The summed E-state index contributed by atoms with van der Waals surface area (Å²) in [5.41, 5.74) is -3.51. The predicted octanol–water partition coefficient (Wildman–Crippen LogP) is 3.90. The van der Waals surface area contributed by atoms with Gasteiger partial charge in [0.2, 0.25) is 5.72 Å². The van der Waals surface area contributed by atoms with Crippen molar-refractivity contribution in [1.82, 2.24) is 5.48 Å². The van der Waals surface area contributed by atoms with Gasteiger partial charge >= 0.3 is 15.5 Å². The van der Waals surface area contributed by atoms with Crippen LogP contribution in [-0.2, 0) is 20.6 Å². The fourth-order valence-corrected chi connectivity index (χ4v) is 3.80. The first kappa shape index (κ1) is 22.7. The molecule has 0 radical (unpaired) electrons. The maximum atomic E-state index is 12.7. The lowest BCUT2D eigenvalue weighted by Gasteiger charge is -2.25. The number of methoxy groups -OCH3 is 1. The second kappa shape index (κ2) is 8.45. The molecule has 0 aromatic heterocycles. The molecule has 0 saturated heterocycles. The highest BCUT2D eigenvalue weighted by Crippen LogP contribution is 2.34. The van der Waals surface area contributed by atoms with Crippen LogP contribution in [0.4, 0.5) is 18.9 Å². The standard InChI is InChI=1S/C21H18F3N3O5S/c1-30-17-8-5-15(6-9-17)20(25-13-26-32-20)12-31-19-4-2-3-14-11-16(7-10-18(14)19)27-33(28,29)21(22,23)24/h2-11,13,27H,12H2,1H3,(H,25,26). The van der Waals surface area contributed by atoms with Crippen molar-refractivity contribution < 1.29 is 35.9 Å². The topological polar surface area (TPSA) is 98.2 Å². The van der Waals surface area contributed by atoms with Gasteiger partial charge in [-0.05, 0) is 41.8 Å². The van der Waals surface area contributed by atoms with Gasteiger partial charge in [0.15, 0.2) is 0 Å². The van der Waals surface area contributed by atoms with E-state index in [-0.39, 0.29) is 12.3 Å². The molecule has 1 aliphatic heterocycles. The van der Waals surface area contributed by atoms with Crippen LogP contribution in [0.5, 0.6) is 11.5 Å². The largest absolute Gasteiger partial charge is 0.516 e. The number of fused-ring (bicyclic) bond motifs is 1. The molecule has 0 saturated carbocycles. The number of nitrogens with one attached hydrogen (secondary N) is 2. The SMILES string of the molecule is COc1ccc(C2(COc3cccc4cc(NS(=O)(=O)C(F)(F)F)ccc34)N=CNO2)cc1. The van der Waals surface area contributed by atoms with E-state index in [1.54, 1.807) is 49.6 Å². The Morgan fingerprint density at radius 3 is 2.52 bits per heavy atom. The van der Waals surface area contributed by atoms with Gasteiger partial charge < -0.3 is 9.47 Å². The van der Waals surface area contributed by atoms with Crippen molar-refractivity contribution in [3.8, 4) is 11.5 Å². The van der Waals surface area contributed by atoms with Crippen LogP contribution in [0.25, 0.3) is 10.8 Å².